The Bertz CT molecular complexity index is 517. The lowest BCUT2D eigenvalue weighted by Crippen LogP contribution is -2.45. The second kappa shape index (κ2) is 3.87. The van der Waals surface area contributed by atoms with Crippen LogP contribution < -0.4 is 5.73 Å². The Balaban J connectivity index is 1.88. The molecule has 0 aromatic carbocycles. The molecule has 0 aliphatic carbocycles. The van der Waals surface area contributed by atoms with E-state index in [0.29, 0.717) is 13.1 Å². The number of ether oxygens (including phenoxy) is 1. The highest BCUT2D eigenvalue weighted by molar-refractivity contribution is 7.91. The van der Waals surface area contributed by atoms with Gasteiger partial charge in [-0.3, -0.25) is 0 Å². The van der Waals surface area contributed by atoms with Crippen LogP contribution >= 0.6 is 11.3 Å². The van der Waals surface area contributed by atoms with Gasteiger partial charge in [-0.2, -0.15) is 4.31 Å². The van der Waals surface area contributed by atoms with Gasteiger partial charge in [-0.25, -0.2) is 8.42 Å². The van der Waals surface area contributed by atoms with Crippen LogP contribution in [0.5, 0.6) is 0 Å². The number of fused-ring (bicyclic) bond motifs is 2. The van der Waals surface area contributed by atoms with Crippen LogP contribution in [-0.4, -0.2) is 48.2 Å². The lowest BCUT2D eigenvalue weighted by Gasteiger charge is -2.30. The molecule has 3 heterocycles. The summed E-state index contributed by atoms with van der Waals surface area (Å²) in [6.07, 6.45) is 1.90. The van der Waals surface area contributed by atoms with Crippen LogP contribution in [0, 0.1) is 0 Å². The number of sulfonamides is 1. The van der Waals surface area contributed by atoms with Crippen LogP contribution in [0.4, 0.5) is 5.13 Å². The van der Waals surface area contributed by atoms with Crippen molar-refractivity contribution in [1.82, 2.24) is 14.5 Å². The van der Waals surface area contributed by atoms with E-state index < -0.39 is 10.0 Å². The first-order valence-corrected chi connectivity index (χ1v) is 7.56. The molecule has 2 atom stereocenters. The Morgan fingerprint density at radius 1 is 1.29 bits per heavy atom. The molecule has 9 heteroatoms. The summed E-state index contributed by atoms with van der Waals surface area (Å²) in [5, 5.41) is 7.31. The first-order chi connectivity index (χ1) is 8.05. The molecule has 2 aliphatic rings. The lowest BCUT2D eigenvalue weighted by molar-refractivity contribution is -0.0114. The van der Waals surface area contributed by atoms with Crippen LogP contribution in [0.2, 0.25) is 0 Å². The Kier molecular flexibility index (Phi) is 2.58. The second-order valence-electron chi connectivity index (χ2n) is 4.19. The smallest absolute Gasteiger partial charge is 0.272 e. The molecule has 1 aromatic heterocycles. The minimum absolute atomic E-state index is 0.0220. The number of morpholine rings is 1. The Labute approximate surface area is 103 Å². The second-order valence-corrected chi connectivity index (χ2v) is 7.31. The van der Waals surface area contributed by atoms with E-state index in [-0.39, 0.29) is 21.7 Å². The van der Waals surface area contributed by atoms with E-state index in [1.165, 1.54) is 4.31 Å². The number of hydrogen-bond donors (Lipinski definition) is 1. The molecule has 0 spiro atoms. The van der Waals surface area contributed by atoms with Crippen LogP contribution in [0.15, 0.2) is 4.34 Å². The van der Waals surface area contributed by atoms with Gasteiger partial charge in [-0.1, -0.05) is 11.3 Å². The molecular weight excluding hydrogens is 264 g/mol. The highest BCUT2D eigenvalue weighted by Crippen LogP contribution is 2.30. The van der Waals surface area contributed by atoms with Crippen LogP contribution in [0.25, 0.3) is 0 Å². The predicted octanol–water partition coefficient (Wildman–Crippen LogP) is -0.328. The van der Waals surface area contributed by atoms with Crippen molar-refractivity contribution in [2.24, 2.45) is 0 Å². The maximum atomic E-state index is 12.2. The zero-order valence-electron chi connectivity index (χ0n) is 8.94. The Morgan fingerprint density at radius 2 is 1.94 bits per heavy atom. The fraction of sp³-hybridized carbons (Fsp3) is 0.750. The molecule has 2 aliphatic heterocycles. The van der Waals surface area contributed by atoms with Crippen LogP contribution in [0.3, 0.4) is 0 Å². The molecule has 2 bridgehead atoms. The van der Waals surface area contributed by atoms with Crippen molar-refractivity contribution < 1.29 is 13.2 Å². The predicted molar refractivity (Wildman–Crippen MR) is 61.0 cm³/mol. The Hall–Kier alpha value is -0.770. The highest BCUT2D eigenvalue weighted by atomic mass is 32.2. The van der Waals surface area contributed by atoms with E-state index in [0.717, 1.165) is 24.2 Å². The van der Waals surface area contributed by atoms with Crippen molar-refractivity contribution in [3.8, 4) is 0 Å². The van der Waals surface area contributed by atoms with E-state index in [2.05, 4.69) is 10.2 Å². The van der Waals surface area contributed by atoms with Crippen LogP contribution in [-0.2, 0) is 14.8 Å². The lowest BCUT2D eigenvalue weighted by atomic mass is 10.2. The van der Waals surface area contributed by atoms with Crippen molar-refractivity contribution in [1.29, 1.82) is 0 Å². The third-order valence-corrected chi connectivity index (χ3v) is 5.92. The minimum atomic E-state index is -3.55. The SMILES string of the molecule is Nc1nnc(S(=O)(=O)N2CC3CCC(C2)O3)s1. The van der Waals surface area contributed by atoms with Gasteiger partial charge in [-0.15, -0.1) is 10.2 Å². The molecule has 2 N–H and O–H groups in total. The van der Waals surface area contributed by atoms with Crippen molar-refractivity contribution in [2.45, 2.75) is 29.4 Å². The fourth-order valence-corrected chi connectivity index (χ4v) is 4.63. The largest absolute Gasteiger partial charge is 0.374 e. The molecule has 0 amide bonds. The molecule has 17 heavy (non-hydrogen) atoms. The van der Waals surface area contributed by atoms with Gasteiger partial charge in [0.05, 0.1) is 12.2 Å². The summed E-state index contributed by atoms with van der Waals surface area (Å²) in [7, 11) is -3.55. The number of nitrogens with two attached hydrogens (primary N) is 1. The van der Waals surface area contributed by atoms with Crippen molar-refractivity contribution in [2.75, 3.05) is 18.8 Å². The first kappa shape index (κ1) is 11.3. The van der Waals surface area contributed by atoms with Gasteiger partial charge in [0, 0.05) is 13.1 Å². The van der Waals surface area contributed by atoms with Gasteiger partial charge in [-0.05, 0) is 12.8 Å². The van der Waals surface area contributed by atoms with E-state index in [4.69, 9.17) is 10.5 Å². The summed E-state index contributed by atoms with van der Waals surface area (Å²) in [5.74, 6) is 0. The number of rotatable bonds is 2. The van der Waals surface area contributed by atoms with E-state index in [1.807, 2.05) is 0 Å². The van der Waals surface area contributed by atoms with Crippen molar-refractivity contribution in [3.63, 3.8) is 0 Å². The fourth-order valence-electron chi connectivity index (χ4n) is 2.21. The number of nitrogens with zero attached hydrogens (tertiary/aromatic N) is 3. The summed E-state index contributed by atoms with van der Waals surface area (Å²) in [5.41, 5.74) is 5.41. The molecule has 0 saturated carbocycles. The Morgan fingerprint density at radius 3 is 2.47 bits per heavy atom. The monoisotopic (exact) mass is 276 g/mol. The molecular formula is C8H12N4O3S2. The average molecular weight is 276 g/mol. The van der Waals surface area contributed by atoms with E-state index in [1.54, 1.807) is 0 Å². The molecule has 2 unspecified atom stereocenters. The normalized spacial score (nSPS) is 29.6. The zero-order valence-corrected chi connectivity index (χ0v) is 10.6. The summed E-state index contributed by atoms with van der Waals surface area (Å²) in [6.45, 7) is 0.802. The van der Waals surface area contributed by atoms with Crippen molar-refractivity contribution in [3.05, 3.63) is 0 Å². The van der Waals surface area contributed by atoms with Gasteiger partial charge in [0.1, 0.15) is 0 Å². The van der Waals surface area contributed by atoms with Crippen LogP contribution in [0.1, 0.15) is 12.8 Å². The summed E-state index contributed by atoms with van der Waals surface area (Å²) in [6, 6.07) is 0. The topological polar surface area (TPSA) is 98.4 Å². The standard InChI is InChI=1S/C8H12N4O3S2/c9-7-10-11-8(16-7)17(13,14)12-3-5-1-2-6(4-12)15-5/h5-6H,1-4H2,(H2,9,10). The number of hydrogen-bond acceptors (Lipinski definition) is 7. The molecule has 2 fully saturated rings. The highest BCUT2D eigenvalue weighted by Gasteiger charge is 2.40. The third-order valence-electron chi connectivity index (χ3n) is 2.99. The summed E-state index contributed by atoms with van der Waals surface area (Å²) >= 11 is 0.896. The third kappa shape index (κ3) is 1.92. The maximum Gasteiger partial charge on any atom is 0.272 e. The van der Waals surface area contributed by atoms with Crippen molar-refractivity contribution >= 4 is 26.5 Å². The molecule has 2 saturated heterocycles. The minimum Gasteiger partial charge on any atom is -0.374 e. The van der Waals surface area contributed by atoms with Gasteiger partial charge in [0.2, 0.25) is 9.47 Å². The summed E-state index contributed by atoms with van der Waals surface area (Å²) < 4.78 is 31.5. The molecule has 94 valence electrons. The summed E-state index contributed by atoms with van der Waals surface area (Å²) in [4.78, 5) is 0. The van der Waals surface area contributed by atoms with E-state index in [9.17, 15) is 8.42 Å². The first-order valence-electron chi connectivity index (χ1n) is 5.30. The number of aromatic nitrogens is 2. The van der Waals surface area contributed by atoms with Gasteiger partial charge >= 0.3 is 0 Å². The number of anilines is 1. The van der Waals surface area contributed by atoms with E-state index >= 15 is 0 Å². The molecule has 3 rings (SSSR count). The maximum absolute atomic E-state index is 12.2. The number of nitrogen functional groups attached to an aromatic ring is 1. The van der Waals surface area contributed by atoms with Gasteiger partial charge in [0.25, 0.3) is 10.0 Å². The molecule has 7 nitrogen and oxygen atoms in total. The van der Waals surface area contributed by atoms with Gasteiger partial charge < -0.3 is 10.5 Å². The quantitative estimate of drug-likeness (QED) is 0.794. The molecule has 0 radical (unpaired) electrons. The average Bonchev–Trinajstić information content (AvgIpc) is 2.85. The van der Waals surface area contributed by atoms with Gasteiger partial charge in [0.15, 0.2) is 0 Å². The zero-order chi connectivity index (χ0) is 12.0. The molecule has 1 aromatic rings.